The van der Waals surface area contributed by atoms with E-state index < -0.39 is 8.32 Å². The normalized spacial score (nSPS) is 15.3. The average molecular weight is 387 g/mol. The Balaban J connectivity index is 2.19. The summed E-state index contributed by atoms with van der Waals surface area (Å²) in [5.74, 6) is 2.40. The lowest BCUT2D eigenvalue weighted by Crippen LogP contribution is -2.33. The number of aldehydes is 1. The maximum atomic E-state index is 11.6. The lowest BCUT2D eigenvalue weighted by molar-refractivity contribution is 0.112. The Morgan fingerprint density at radius 3 is 2.56 bits per heavy atom. The summed E-state index contributed by atoms with van der Waals surface area (Å²) in [5.41, 5.74) is 1.38. The summed E-state index contributed by atoms with van der Waals surface area (Å²) in [6.45, 7) is 10.8. The quantitative estimate of drug-likeness (QED) is 0.448. The van der Waals surface area contributed by atoms with Crippen LogP contribution in [0, 0.1) is 0 Å². The maximum absolute atomic E-state index is 11.6. The molecule has 2 aromatic carbocycles. The van der Waals surface area contributed by atoms with Gasteiger partial charge in [0.15, 0.2) is 0 Å². The van der Waals surface area contributed by atoms with Gasteiger partial charge in [-0.2, -0.15) is 0 Å². The SMILES string of the molecule is CCCC[Si](C)(C)Oc1cc(C=O)cc2c3c(c(OC)cc12)CC(C)(C)O3. The summed E-state index contributed by atoms with van der Waals surface area (Å²) in [6.07, 6.45) is 3.96. The van der Waals surface area contributed by atoms with Crippen molar-refractivity contribution in [2.24, 2.45) is 0 Å². The van der Waals surface area contributed by atoms with Gasteiger partial charge in [-0.15, -0.1) is 0 Å². The highest BCUT2D eigenvalue weighted by molar-refractivity contribution is 6.71. The minimum Gasteiger partial charge on any atom is -0.544 e. The highest BCUT2D eigenvalue weighted by Crippen LogP contribution is 2.48. The van der Waals surface area contributed by atoms with Crippen LogP contribution in [0.25, 0.3) is 10.8 Å². The molecular weight excluding hydrogens is 356 g/mol. The predicted molar refractivity (Wildman–Crippen MR) is 112 cm³/mol. The Hall–Kier alpha value is -2.01. The fraction of sp³-hybridized carbons (Fsp3) is 0.500. The molecule has 0 amide bonds. The Bertz CT molecular complexity index is 870. The fourth-order valence-electron chi connectivity index (χ4n) is 3.79. The van der Waals surface area contributed by atoms with Gasteiger partial charge in [0.2, 0.25) is 8.32 Å². The summed E-state index contributed by atoms with van der Waals surface area (Å²) >= 11 is 0. The van der Waals surface area contributed by atoms with Crippen LogP contribution in [0.2, 0.25) is 19.1 Å². The van der Waals surface area contributed by atoms with Crippen molar-refractivity contribution in [3.63, 3.8) is 0 Å². The number of rotatable bonds is 7. The van der Waals surface area contributed by atoms with Crippen LogP contribution < -0.4 is 13.9 Å². The molecule has 0 radical (unpaired) electrons. The molecule has 2 aromatic rings. The minimum atomic E-state index is -1.90. The minimum absolute atomic E-state index is 0.294. The molecule has 0 spiro atoms. The van der Waals surface area contributed by atoms with Crippen molar-refractivity contribution >= 4 is 25.4 Å². The standard InChI is InChI=1S/C22H30O4Si/c1-7-8-9-27(5,6)26-20-11-15(14-23)10-17-16(20)12-19(24-4)18-13-22(2,3)25-21(17)18/h10-12,14H,7-9,13H2,1-6H3. The molecule has 1 heterocycles. The molecule has 4 nitrogen and oxygen atoms in total. The van der Waals surface area contributed by atoms with Gasteiger partial charge in [0.25, 0.3) is 0 Å². The predicted octanol–water partition coefficient (Wildman–Crippen LogP) is 5.76. The highest BCUT2D eigenvalue weighted by atomic mass is 28.4. The number of hydrogen-bond donors (Lipinski definition) is 0. The van der Waals surface area contributed by atoms with E-state index in [1.54, 1.807) is 7.11 Å². The third-order valence-corrected chi connectivity index (χ3v) is 7.44. The molecule has 0 atom stereocenters. The number of benzene rings is 2. The Morgan fingerprint density at radius 2 is 1.93 bits per heavy atom. The lowest BCUT2D eigenvalue weighted by atomic mass is 9.97. The van der Waals surface area contributed by atoms with Crippen molar-refractivity contribution in [1.82, 2.24) is 0 Å². The van der Waals surface area contributed by atoms with Crippen LogP contribution in [0.4, 0.5) is 0 Å². The Kier molecular flexibility index (Phi) is 5.26. The molecule has 0 bridgehead atoms. The third-order valence-electron chi connectivity index (χ3n) is 5.11. The monoisotopic (exact) mass is 386 g/mol. The van der Waals surface area contributed by atoms with Crippen LogP contribution in [-0.4, -0.2) is 27.3 Å². The number of ether oxygens (including phenoxy) is 2. The number of fused-ring (bicyclic) bond motifs is 3. The van der Waals surface area contributed by atoms with Crippen molar-refractivity contribution in [2.75, 3.05) is 7.11 Å². The van der Waals surface area contributed by atoms with E-state index in [0.29, 0.717) is 5.56 Å². The molecule has 0 aliphatic carbocycles. The number of carbonyl (C=O) groups is 1. The summed E-state index contributed by atoms with van der Waals surface area (Å²) in [5, 5.41) is 1.88. The topological polar surface area (TPSA) is 44.8 Å². The van der Waals surface area contributed by atoms with Gasteiger partial charge in [0.1, 0.15) is 29.1 Å². The van der Waals surface area contributed by atoms with Crippen molar-refractivity contribution in [1.29, 1.82) is 0 Å². The summed E-state index contributed by atoms with van der Waals surface area (Å²) in [4.78, 5) is 11.6. The van der Waals surface area contributed by atoms with Gasteiger partial charge >= 0.3 is 0 Å². The summed E-state index contributed by atoms with van der Waals surface area (Å²) < 4.78 is 18.5. The Morgan fingerprint density at radius 1 is 1.19 bits per heavy atom. The van der Waals surface area contributed by atoms with Gasteiger partial charge in [-0.1, -0.05) is 19.8 Å². The van der Waals surface area contributed by atoms with Crippen molar-refractivity contribution in [3.8, 4) is 17.2 Å². The molecule has 3 rings (SSSR count). The van der Waals surface area contributed by atoms with Crippen LogP contribution in [0.5, 0.6) is 17.2 Å². The van der Waals surface area contributed by atoms with E-state index in [-0.39, 0.29) is 5.60 Å². The van der Waals surface area contributed by atoms with E-state index in [2.05, 4.69) is 33.9 Å². The molecule has 0 unspecified atom stereocenters. The molecule has 1 aliphatic heterocycles. The molecule has 27 heavy (non-hydrogen) atoms. The number of methoxy groups -OCH3 is 1. The van der Waals surface area contributed by atoms with Crippen LogP contribution in [0.3, 0.4) is 0 Å². The second kappa shape index (κ2) is 7.19. The lowest BCUT2D eigenvalue weighted by Gasteiger charge is -2.26. The molecule has 0 fully saturated rings. The smallest absolute Gasteiger partial charge is 0.245 e. The first-order valence-electron chi connectivity index (χ1n) is 9.70. The van der Waals surface area contributed by atoms with E-state index in [1.807, 2.05) is 18.2 Å². The van der Waals surface area contributed by atoms with Gasteiger partial charge < -0.3 is 13.9 Å². The molecule has 0 saturated heterocycles. The van der Waals surface area contributed by atoms with Crippen molar-refractivity contribution in [3.05, 3.63) is 29.3 Å². The second-order valence-electron chi connectivity index (χ2n) is 8.62. The van der Waals surface area contributed by atoms with Crippen LogP contribution in [-0.2, 0) is 6.42 Å². The number of unbranched alkanes of at least 4 members (excludes halogenated alkanes) is 1. The zero-order valence-electron chi connectivity index (χ0n) is 17.3. The second-order valence-corrected chi connectivity index (χ2v) is 12.8. The molecular formula is C22H30O4Si. The largest absolute Gasteiger partial charge is 0.544 e. The number of hydrogen-bond acceptors (Lipinski definition) is 4. The summed E-state index contributed by atoms with van der Waals surface area (Å²) in [7, 11) is -0.210. The molecule has 5 heteroatoms. The van der Waals surface area contributed by atoms with Crippen LogP contribution in [0.1, 0.15) is 49.5 Å². The number of carbonyl (C=O) groups excluding carboxylic acids is 1. The summed E-state index contributed by atoms with van der Waals surface area (Å²) in [6, 6.07) is 6.87. The molecule has 0 N–H and O–H groups in total. The first-order chi connectivity index (χ1) is 12.7. The van der Waals surface area contributed by atoms with E-state index in [4.69, 9.17) is 13.9 Å². The molecule has 0 aromatic heterocycles. The van der Waals surface area contributed by atoms with E-state index in [9.17, 15) is 4.79 Å². The zero-order chi connectivity index (χ0) is 19.8. The molecule has 0 saturated carbocycles. The van der Waals surface area contributed by atoms with Gasteiger partial charge in [-0.25, -0.2) is 0 Å². The third kappa shape index (κ3) is 3.98. The molecule has 1 aliphatic rings. The Labute approximate surface area is 162 Å². The van der Waals surface area contributed by atoms with Gasteiger partial charge in [0.05, 0.1) is 7.11 Å². The van der Waals surface area contributed by atoms with Gasteiger partial charge in [0, 0.05) is 28.3 Å². The maximum Gasteiger partial charge on any atom is 0.245 e. The first-order valence-corrected chi connectivity index (χ1v) is 12.8. The van der Waals surface area contributed by atoms with Gasteiger partial charge in [-0.3, -0.25) is 4.79 Å². The molecule has 146 valence electrons. The fourth-order valence-corrected chi connectivity index (χ4v) is 5.86. The zero-order valence-corrected chi connectivity index (χ0v) is 18.3. The van der Waals surface area contributed by atoms with Crippen LogP contribution >= 0.6 is 0 Å². The van der Waals surface area contributed by atoms with E-state index in [1.165, 1.54) is 0 Å². The van der Waals surface area contributed by atoms with E-state index >= 15 is 0 Å². The van der Waals surface area contributed by atoms with Crippen molar-refractivity contribution in [2.45, 2.75) is 64.8 Å². The van der Waals surface area contributed by atoms with Crippen LogP contribution in [0.15, 0.2) is 18.2 Å². The first kappa shape index (κ1) is 19.7. The highest BCUT2D eigenvalue weighted by Gasteiger charge is 2.35. The van der Waals surface area contributed by atoms with Gasteiger partial charge in [-0.05, 0) is 51.2 Å². The van der Waals surface area contributed by atoms with E-state index in [0.717, 1.165) is 65.2 Å². The average Bonchev–Trinajstić information content (AvgIpc) is 2.94. The van der Waals surface area contributed by atoms with Crippen molar-refractivity contribution < 1.29 is 18.7 Å².